The molecule has 18 heavy (non-hydrogen) atoms. The zero-order valence-electron chi connectivity index (χ0n) is 11.1. The molecule has 0 spiro atoms. The van der Waals surface area contributed by atoms with Crippen molar-refractivity contribution in [3.8, 4) is 0 Å². The third-order valence-electron chi connectivity index (χ3n) is 3.37. The third-order valence-corrected chi connectivity index (χ3v) is 4.10. The molecule has 0 fully saturated rings. The number of nitrogens with two attached hydrogens (primary N) is 1. The van der Waals surface area contributed by atoms with Crippen molar-refractivity contribution in [1.82, 2.24) is 0 Å². The Hall–Kier alpha value is -1.12. The van der Waals surface area contributed by atoms with Crippen molar-refractivity contribution in [1.29, 1.82) is 0 Å². The van der Waals surface area contributed by atoms with Gasteiger partial charge in [0.25, 0.3) is 0 Å². The molecule has 0 saturated heterocycles. The molecule has 0 aliphatic heterocycles. The Bertz CT molecular complexity index is 488. The Labute approximate surface area is 114 Å². The van der Waals surface area contributed by atoms with Gasteiger partial charge < -0.3 is 5.73 Å². The first-order valence-corrected chi connectivity index (χ1v) is 7.42. The van der Waals surface area contributed by atoms with E-state index in [-0.39, 0.29) is 6.04 Å². The summed E-state index contributed by atoms with van der Waals surface area (Å²) >= 11 is 1.76. The fourth-order valence-electron chi connectivity index (χ4n) is 2.19. The molecule has 2 rings (SSSR count). The van der Waals surface area contributed by atoms with Gasteiger partial charge in [0.05, 0.1) is 0 Å². The van der Waals surface area contributed by atoms with Crippen molar-refractivity contribution < 1.29 is 0 Å². The van der Waals surface area contributed by atoms with E-state index in [0.29, 0.717) is 0 Å². The Balaban J connectivity index is 1.90. The van der Waals surface area contributed by atoms with Gasteiger partial charge in [0.15, 0.2) is 0 Å². The molecule has 0 radical (unpaired) electrons. The van der Waals surface area contributed by atoms with Crippen LogP contribution in [0.4, 0.5) is 0 Å². The summed E-state index contributed by atoms with van der Waals surface area (Å²) in [6.07, 6.45) is 3.14. The number of aryl methyl sites for hydroxylation is 3. The molecule has 0 amide bonds. The summed E-state index contributed by atoms with van der Waals surface area (Å²) in [4.78, 5) is 0. The lowest BCUT2D eigenvalue weighted by Crippen LogP contribution is -2.23. The molecule has 1 nitrogen and oxygen atoms in total. The summed E-state index contributed by atoms with van der Waals surface area (Å²) in [5.74, 6) is 0. The first-order chi connectivity index (χ1) is 8.65. The third kappa shape index (κ3) is 3.69. The van der Waals surface area contributed by atoms with Crippen LogP contribution in [-0.4, -0.2) is 6.04 Å². The highest BCUT2D eigenvalue weighted by Crippen LogP contribution is 2.15. The predicted molar refractivity (Wildman–Crippen MR) is 80.2 cm³/mol. The van der Waals surface area contributed by atoms with Crippen LogP contribution in [0, 0.1) is 13.8 Å². The lowest BCUT2D eigenvalue weighted by Gasteiger charge is -2.13. The summed E-state index contributed by atoms with van der Waals surface area (Å²) < 4.78 is 0. The van der Waals surface area contributed by atoms with Crippen LogP contribution in [-0.2, 0) is 12.8 Å². The lowest BCUT2D eigenvalue weighted by atomic mass is 9.96. The van der Waals surface area contributed by atoms with Crippen molar-refractivity contribution in [3.05, 3.63) is 57.3 Å². The summed E-state index contributed by atoms with van der Waals surface area (Å²) in [5.41, 5.74) is 11.7. The highest BCUT2D eigenvalue weighted by atomic mass is 32.1. The van der Waals surface area contributed by atoms with E-state index in [1.54, 1.807) is 11.3 Å². The molecular formula is C16H21NS. The summed E-state index contributed by atoms with van der Waals surface area (Å²) in [7, 11) is 0. The zero-order chi connectivity index (χ0) is 13.0. The number of hydrogen-bond acceptors (Lipinski definition) is 2. The van der Waals surface area contributed by atoms with Gasteiger partial charge in [-0.05, 0) is 66.6 Å². The van der Waals surface area contributed by atoms with E-state index in [1.165, 1.54) is 22.3 Å². The maximum absolute atomic E-state index is 6.24. The van der Waals surface area contributed by atoms with E-state index in [2.05, 4.69) is 48.9 Å². The van der Waals surface area contributed by atoms with Gasteiger partial charge in [-0.25, -0.2) is 0 Å². The minimum Gasteiger partial charge on any atom is -0.327 e. The Kier molecular flexibility index (Phi) is 4.56. The molecule has 2 heteroatoms. The maximum atomic E-state index is 6.24. The van der Waals surface area contributed by atoms with Crippen LogP contribution in [0.25, 0.3) is 0 Å². The Morgan fingerprint density at radius 3 is 2.78 bits per heavy atom. The Morgan fingerprint density at radius 2 is 2.06 bits per heavy atom. The quantitative estimate of drug-likeness (QED) is 0.866. The monoisotopic (exact) mass is 259 g/mol. The average Bonchev–Trinajstić information content (AvgIpc) is 2.84. The molecule has 0 aliphatic rings. The zero-order valence-corrected chi connectivity index (χ0v) is 12.0. The van der Waals surface area contributed by atoms with Crippen LogP contribution < -0.4 is 5.73 Å². The maximum Gasteiger partial charge on any atom is 0.00825 e. The van der Waals surface area contributed by atoms with Crippen LogP contribution >= 0.6 is 11.3 Å². The minimum atomic E-state index is 0.255. The van der Waals surface area contributed by atoms with Gasteiger partial charge in [-0.2, -0.15) is 11.3 Å². The van der Waals surface area contributed by atoms with Gasteiger partial charge in [-0.3, -0.25) is 0 Å². The van der Waals surface area contributed by atoms with Gasteiger partial charge >= 0.3 is 0 Å². The summed E-state index contributed by atoms with van der Waals surface area (Å²) in [5, 5.41) is 4.34. The molecule has 0 bridgehead atoms. The van der Waals surface area contributed by atoms with Crippen LogP contribution in [0.2, 0.25) is 0 Å². The first-order valence-electron chi connectivity index (χ1n) is 6.48. The smallest absolute Gasteiger partial charge is 0.00825 e. The second kappa shape index (κ2) is 6.17. The predicted octanol–water partition coefficient (Wildman–Crippen LogP) is 3.87. The van der Waals surface area contributed by atoms with E-state index in [0.717, 1.165) is 19.3 Å². The topological polar surface area (TPSA) is 26.0 Å². The minimum absolute atomic E-state index is 0.255. The molecule has 0 saturated carbocycles. The Morgan fingerprint density at radius 1 is 1.22 bits per heavy atom. The molecule has 96 valence electrons. The molecule has 2 aromatic rings. The molecule has 1 unspecified atom stereocenters. The van der Waals surface area contributed by atoms with E-state index in [1.807, 2.05) is 0 Å². The van der Waals surface area contributed by atoms with E-state index in [4.69, 9.17) is 5.73 Å². The number of rotatable bonds is 5. The summed E-state index contributed by atoms with van der Waals surface area (Å²) in [6, 6.07) is 9.06. The number of hydrogen-bond donors (Lipinski definition) is 1. The fraction of sp³-hybridized carbons (Fsp3) is 0.375. The normalized spacial score (nSPS) is 12.6. The van der Waals surface area contributed by atoms with Crippen molar-refractivity contribution in [2.75, 3.05) is 0 Å². The number of thiophene rings is 1. The molecule has 1 aromatic heterocycles. The van der Waals surface area contributed by atoms with Crippen LogP contribution in [0.15, 0.2) is 35.0 Å². The van der Waals surface area contributed by atoms with Crippen LogP contribution in [0.1, 0.15) is 28.7 Å². The lowest BCUT2D eigenvalue weighted by molar-refractivity contribution is 0.609. The largest absolute Gasteiger partial charge is 0.327 e. The van der Waals surface area contributed by atoms with Gasteiger partial charge in [-0.1, -0.05) is 23.8 Å². The average molecular weight is 259 g/mol. The van der Waals surface area contributed by atoms with E-state index >= 15 is 0 Å². The second-order valence-electron chi connectivity index (χ2n) is 5.06. The van der Waals surface area contributed by atoms with Crippen molar-refractivity contribution in [2.24, 2.45) is 5.73 Å². The second-order valence-corrected chi connectivity index (χ2v) is 5.84. The molecular weight excluding hydrogens is 238 g/mol. The van der Waals surface area contributed by atoms with E-state index in [9.17, 15) is 0 Å². The summed E-state index contributed by atoms with van der Waals surface area (Å²) in [6.45, 7) is 4.31. The first kappa shape index (κ1) is 13.3. The van der Waals surface area contributed by atoms with E-state index < -0.39 is 0 Å². The van der Waals surface area contributed by atoms with Crippen molar-refractivity contribution >= 4 is 11.3 Å². The van der Waals surface area contributed by atoms with Gasteiger partial charge in [0, 0.05) is 6.04 Å². The van der Waals surface area contributed by atoms with Gasteiger partial charge in [0.2, 0.25) is 0 Å². The molecule has 0 aliphatic carbocycles. The highest BCUT2D eigenvalue weighted by molar-refractivity contribution is 7.07. The van der Waals surface area contributed by atoms with Crippen LogP contribution in [0.5, 0.6) is 0 Å². The molecule has 1 atom stereocenters. The van der Waals surface area contributed by atoms with Crippen molar-refractivity contribution in [2.45, 2.75) is 39.2 Å². The van der Waals surface area contributed by atoms with Gasteiger partial charge in [0.1, 0.15) is 0 Å². The molecule has 1 aromatic carbocycles. The fourth-order valence-corrected chi connectivity index (χ4v) is 2.89. The highest BCUT2D eigenvalue weighted by Gasteiger charge is 2.07. The van der Waals surface area contributed by atoms with Crippen LogP contribution in [0.3, 0.4) is 0 Å². The molecule has 2 N–H and O–H groups in total. The SMILES string of the molecule is Cc1ccc(C)c(CC(N)CCc2ccsc2)c1. The number of benzene rings is 1. The standard InChI is InChI=1S/C16H21NS/c1-12-3-4-13(2)15(9-12)10-16(17)6-5-14-7-8-18-11-14/h3-4,7-9,11,16H,5-6,10,17H2,1-2H3. The van der Waals surface area contributed by atoms with Crippen molar-refractivity contribution in [3.63, 3.8) is 0 Å². The molecule has 1 heterocycles. The van der Waals surface area contributed by atoms with Gasteiger partial charge in [-0.15, -0.1) is 0 Å².